The van der Waals surface area contributed by atoms with E-state index < -0.39 is 29.7 Å². The standard InChI is InChI=1S/C23H14F5N3/c24-18-5-3-4-17(21(18)25)15(13-29)12-14-8-10-16(11-9-14)31-20-7-2-1-6-19(20)30-22(31)23(26,27)28/h1-5,7-12,19H,6H2/b15-12+. The van der Waals surface area contributed by atoms with Gasteiger partial charge in [0.25, 0.3) is 0 Å². The SMILES string of the molecule is N#C/C(=C\c1ccc(N2C3=CC=CCC3N=C2C(F)(F)F)cc1)c1cccc(F)c1F. The number of hydrogen-bond acceptors (Lipinski definition) is 3. The lowest BCUT2D eigenvalue weighted by Gasteiger charge is -2.25. The van der Waals surface area contributed by atoms with E-state index in [0.29, 0.717) is 17.7 Å². The number of anilines is 1. The summed E-state index contributed by atoms with van der Waals surface area (Å²) in [6, 6.07) is 10.7. The second-order valence-corrected chi connectivity index (χ2v) is 6.92. The van der Waals surface area contributed by atoms with Crippen LogP contribution in [0.25, 0.3) is 11.6 Å². The summed E-state index contributed by atoms with van der Waals surface area (Å²) in [5.41, 5.74) is 0.830. The number of benzene rings is 2. The Bertz CT molecular complexity index is 1180. The van der Waals surface area contributed by atoms with Gasteiger partial charge in [-0.25, -0.2) is 8.78 Å². The fraction of sp³-hybridized carbons (Fsp3) is 0.130. The van der Waals surface area contributed by atoms with Gasteiger partial charge in [0.15, 0.2) is 11.6 Å². The van der Waals surface area contributed by atoms with Crippen molar-refractivity contribution in [3.8, 4) is 6.07 Å². The number of amidine groups is 1. The van der Waals surface area contributed by atoms with Crippen LogP contribution < -0.4 is 4.90 Å². The molecule has 156 valence electrons. The van der Waals surface area contributed by atoms with E-state index in [1.807, 2.05) is 6.07 Å². The van der Waals surface area contributed by atoms with Gasteiger partial charge in [-0.05, 0) is 42.3 Å². The van der Waals surface area contributed by atoms with Crippen LogP contribution in [0.5, 0.6) is 0 Å². The molecular weight excluding hydrogens is 413 g/mol. The van der Waals surface area contributed by atoms with Gasteiger partial charge in [-0.15, -0.1) is 0 Å². The highest BCUT2D eigenvalue weighted by Gasteiger charge is 2.47. The van der Waals surface area contributed by atoms with Gasteiger partial charge in [0.1, 0.15) is 0 Å². The third kappa shape index (κ3) is 3.87. The van der Waals surface area contributed by atoms with Gasteiger partial charge in [0.05, 0.1) is 17.7 Å². The monoisotopic (exact) mass is 427 g/mol. The molecule has 1 aliphatic carbocycles. The second kappa shape index (κ2) is 7.84. The molecule has 4 rings (SSSR count). The minimum Gasteiger partial charge on any atom is -0.293 e. The van der Waals surface area contributed by atoms with Crippen LogP contribution in [-0.2, 0) is 0 Å². The summed E-state index contributed by atoms with van der Waals surface area (Å²) in [5.74, 6) is -3.21. The first-order chi connectivity index (χ1) is 14.8. The fourth-order valence-electron chi connectivity index (χ4n) is 3.52. The van der Waals surface area contributed by atoms with E-state index in [4.69, 9.17) is 0 Å². The summed E-state index contributed by atoms with van der Waals surface area (Å²) in [6.45, 7) is 0. The molecule has 3 nitrogen and oxygen atoms in total. The van der Waals surface area contributed by atoms with E-state index in [0.717, 1.165) is 11.0 Å². The van der Waals surface area contributed by atoms with Crippen molar-refractivity contribution in [2.24, 2.45) is 4.99 Å². The molecule has 2 aliphatic rings. The van der Waals surface area contributed by atoms with Crippen LogP contribution in [0.3, 0.4) is 0 Å². The van der Waals surface area contributed by atoms with Crippen molar-refractivity contribution in [2.45, 2.75) is 18.6 Å². The number of hydrogen-bond donors (Lipinski definition) is 0. The number of fused-ring (bicyclic) bond motifs is 1. The zero-order chi connectivity index (χ0) is 22.2. The summed E-state index contributed by atoms with van der Waals surface area (Å²) < 4.78 is 68.2. The van der Waals surface area contributed by atoms with Crippen LogP contribution >= 0.6 is 0 Å². The first-order valence-electron chi connectivity index (χ1n) is 9.27. The molecule has 2 aromatic carbocycles. The number of halogens is 5. The van der Waals surface area contributed by atoms with Gasteiger partial charge in [0.2, 0.25) is 5.84 Å². The van der Waals surface area contributed by atoms with Crippen molar-refractivity contribution in [3.05, 3.63) is 89.2 Å². The van der Waals surface area contributed by atoms with Gasteiger partial charge in [-0.2, -0.15) is 18.4 Å². The molecule has 0 fully saturated rings. The topological polar surface area (TPSA) is 39.4 Å². The third-order valence-corrected chi connectivity index (χ3v) is 4.93. The molecule has 0 saturated heterocycles. The van der Waals surface area contributed by atoms with Gasteiger partial charge >= 0.3 is 6.18 Å². The summed E-state index contributed by atoms with van der Waals surface area (Å²) in [5, 5.41) is 9.37. The minimum atomic E-state index is -4.63. The van der Waals surface area contributed by atoms with Crippen molar-refractivity contribution < 1.29 is 22.0 Å². The van der Waals surface area contributed by atoms with Crippen LogP contribution in [0.15, 0.2) is 71.4 Å². The molecule has 1 aliphatic heterocycles. The van der Waals surface area contributed by atoms with Gasteiger partial charge < -0.3 is 0 Å². The fourth-order valence-corrected chi connectivity index (χ4v) is 3.52. The molecule has 0 aromatic heterocycles. The zero-order valence-corrected chi connectivity index (χ0v) is 15.9. The van der Waals surface area contributed by atoms with Crippen molar-refractivity contribution in [2.75, 3.05) is 4.90 Å². The first kappa shape index (κ1) is 20.5. The molecule has 0 saturated carbocycles. The molecule has 1 heterocycles. The van der Waals surface area contributed by atoms with E-state index in [-0.39, 0.29) is 16.8 Å². The smallest absolute Gasteiger partial charge is 0.293 e. The Hall–Kier alpha value is -3.73. The van der Waals surface area contributed by atoms with E-state index in [9.17, 15) is 27.2 Å². The number of rotatable bonds is 3. The molecule has 31 heavy (non-hydrogen) atoms. The third-order valence-electron chi connectivity index (χ3n) is 4.93. The van der Waals surface area contributed by atoms with Gasteiger partial charge in [0, 0.05) is 16.9 Å². The van der Waals surface area contributed by atoms with Crippen LogP contribution in [0, 0.1) is 23.0 Å². The number of aliphatic imine (C=N–C) groups is 1. The van der Waals surface area contributed by atoms with Crippen molar-refractivity contribution in [1.82, 2.24) is 0 Å². The van der Waals surface area contributed by atoms with Crippen molar-refractivity contribution in [3.63, 3.8) is 0 Å². The maximum atomic E-state index is 14.0. The zero-order valence-electron chi connectivity index (χ0n) is 15.9. The Morgan fingerprint density at radius 3 is 2.55 bits per heavy atom. The largest absolute Gasteiger partial charge is 0.449 e. The number of allylic oxidation sites excluding steroid dienone is 3. The molecule has 0 spiro atoms. The summed E-state index contributed by atoms with van der Waals surface area (Å²) in [7, 11) is 0. The van der Waals surface area contributed by atoms with E-state index >= 15 is 0 Å². The number of nitrogens with zero attached hydrogens (tertiary/aromatic N) is 3. The van der Waals surface area contributed by atoms with Gasteiger partial charge in [-0.3, -0.25) is 9.89 Å². The molecule has 0 bridgehead atoms. The highest BCUT2D eigenvalue weighted by atomic mass is 19.4. The van der Waals surface area contributed by atoms with Crippen molar-refractivity contribution >= 4 is 23.2 Å². The predicted octanol–water partition coefficient (Wildman–Crippen LogP) is 6.02. The first-order valence-corrected chi connectivity index (χ1v) is 9.27. The predicted molar refractivity (Wildman–Crippen MR) is 108 cm³/mol. The average Bonchev–Trinajstić information content (AvgIpc) is 3.15. The lowest BCUT2D eigenvalue weighted by molar-refractivity contribution is -0.0596. The van der Waals surface area contributed by atoms with E-state index in [1.54, 1.807) is 18.2 Å². The molecule has 8 heteroatoms. The second-order valence-electron chi connectivity index (χ2n) is 6.92. The summed E-state index contributed by atoms with van der Waals surface area (Å²) in [4.78, 5) is 4.92. The van der Waals surface area contributed by atoms with E-state index in [2.05, 4.69) is 4.99 Å². The number of alkyl halides is 3. The number of nitriles is 1. The van der Waals surface area contributed by atoms with E-state index in [1.165, 1.54) is 42.5 Å². The molecule has 0 radical (unpaired) electrons. The molecule has 1 atom stereocenters. The van der Waals surface area contributed by atoms with Crippen LogP contribution in [0.2, 0.25) is 0 Å². The molecular formula is C23H14F5N3. The quantitative estimate of drug-likeness (QED) is 0.341. The normalized spacial score (nSPS) is 18.4. The Kier molecular flexibility index (Phi) is 5.19. The maximum Gasteiger partial charge on any atom is 0.449 e. The summed E-state index contributed by atoms with van der Waals surface area (Å²) >= 11 is 0. The Labute approximate surface area is 174 Å². The Morgan fingerprint density at radius 2 is 1.87 bits per heavy atom. The minimum absolute atomic E-state index is 0.108. The van der Waals surface area contributed by atoms with Crippen LogP contribution in [-0.4, -0.2) is 18.1 Å². The Balaban J connectivity index is 1.69. The van der Waals surface area contributed by atoms with Crippen LogP contribution in [0.4, 0.5) is 27.6 Å². The molecule has 0 N–H and O–H groups in total. The molecule has 1 unspecified atom stereocenters. The van der Waals surface area contributed by atoms with Gasteiger partial charge in [-0.1, -0.05) is 36.4 Å². The maximum absolute atomic E-state index is 14.0. The highest BCUT2D eigenvalue weighted by Crippen LogP contribution is 2.37. The highest BCUT2D eigenvalue weighted by molar-refractivity contribution is 6.07. The molecule has 2 aromatic rings. The van der Waals surface area contributed by atoms with Crippen LogP contribution in [0.1, 0.15) is 17.5 Å². The summed E-state index contributed by atoms with van der Waals surface area (Å²) in [6.07, 6.45) is 2.16. The Morgan fingerprint density at radius 1 is 1.13 bits per heavy atom. The lowest BCUT2D eigenvalue weighted by atomic mass is 10.0. The molecule has 0 amide bonds. The average molecular weight is 427 g/mol. The van der Waals surface area contributed by atoms with Crippen molar-refractivity contribution in [1.29, 1.82) is 5.26 Å². The lowest BCUT2D eigenvalue weighted by Crippen LogP contribution is -2.37.